The van der Waals surface area contributed by atoms with Crippen LogP contribution in [0, 0.1) is 20.8 Å². The molecule has 0 bridgehead atoms. The molecule has 0 radical (unpaired) electrons. The average molecular weight is 425 g/mol. The fraction of sp³-hybridized carbons (Fsp3) is 0.391. The van der Waals surface area contributed by atoms with Gasteiger partial charge in [0.05, 0.1) is 17.0 Å². The maximum atomic E-state index is 12.8. The number of hydrogen-bond donors (Lipinski definition) is 1. The summed E-state index contributed by atoms with van der Waals surface area (Å²) in [4.78, 5) is 30.5. The number of carbonyl (C=O) groups excluding carboxylic acids is 1. The van der Waals surface area contributed by atoms with E-state index in [1.54, 1.807) is 14.0 Å². The van der Waals surface area contributed by atoms with E-state index in [0.717, 1.165) is 23.4 Å². The van der Waals surface area contributed by atoms with E-state index in [4.69, 9.17) is 0 Å². The molecule has 0 saturated heterocycles. The van der Waals surface area contributed by atoms with Crippen molar-refractivity contribution >= 4 is 22.9 Å². The van der Waals surface area contributed by atoms with Gasteiger partial charge in [-0.25, -0.2) is 9.67 Å². The topological polar surface area (TPSA) is 76.9 Å². The van der Waals surface area contributed by atoms with E-state index in [9.17, 15) is 9.59 Å². The highest BCUT2D eigenvalue weighted by atomic mass is 32.1. The van der Waals surface area contributed by atoms with Crippen LogP contribution in [0.15, 0.2) is 29.1 Å². The molecule has 0 aliphatic heterocycles. The van der Waals surface area contributed by atoms with Crippen LogP contribution < -0.4 is 10.9 Å². The molecule has 1 aromatic carbocycles. The molecule has 0 atom stereocenters. The predicted molar refractivity (Wildman–Crippen MR) is 122 cm³/mol. The Labute approximate surface area is 181 Å². The van der Waals surface area contributed by atoms with E-state index < -0.39 is 0 Å². The summed E-state index contributed by atoms with van der Waals surface area (Å²) in [6, 6.07) is 7.98. The Bertz CT molecular complexity index is 1110. The van der Waals surface area contributed by atoms with Gasteiger partial charge in [-0.2, -0.15) is 5.10 Å². The van der Waals surface area contributed by atoms with Crippen molar-refractivity contribution in [1.82, 2.24) is 14.8 Å². The quantitative estimate of drug-likeness (QED) is 0.552. The van der Waals surface area contributed by atoms with E-state index >= 15 is 0 Å². The van der Waals surface area contributed by atoms with Gasteiger partial charge in [-0.1, -0.05) is 31.9 Å². The first kappa shape index (κ1) is 21.9. The summed E-state index contributed by atoms with van der Waals surface area (Å²) >= 11 is 1.24. The standard InChI is InChI=1S/C23H28N4O2S/c1-6-7-8-9-17-10-12-18(13-11-17)25-21(28)20-16(4)24-22(30-20)19-14(2)15(3)26-27(5)23(19)29/h10-13H,6-9H2,1-5H3,(H,25,28). The molecule has 0 aliphatic carbocycles. The molecule has 0 fully saturated rings. The van der Waals surface area contributed by atoms with E-state index in [2.05, 4.69) is 34.5 Å². The molecule has 0 spiro atoms. The first-order valence-corrected chi connectivity index (χ1v) is 11.1. The number of hydrogen-bond acceptors (Lipinski definition) is 5. The molecule has 2 aromatic heterocycles. The first-order valence-electron chi connectivity index (χ1n) is 10.2. The summed E-state index contributed by atoms with van der Waals surface area (Å²) in [6.07, 6.45) is 4.66. The third-order valence-corrected chi connectivity index (χ3v) is 6.40. The molecule has 6 nitrogen and oxygen atoms in total. The molecule has 1 N–H and O–H groups in total. The Morgan fingerprint density at radius 2 is 1.80 bits per heavy atom. The summed E-state index contributed by atoms with van der Waals surface area (Å²) < 4.78 is 1.32. The van der Waals surface area contributed by atoms with Crippen LogP contribution in [0.4, 0.5) is 5.69 Å². The number of thiazole rings is 1. The molecule has 0 saturated carbocycles. The maximum absolute atomic E-state index is 12.8. The zero-order chi connectivity index (χ0) is 21.8. The van der Waals surface area contributed by atoms with Gasteiger partial charge in [0.15, 0.2) is 0 Å². The minimum atomic E-state index is -0.213. The maximum Gasteiger partial charge on any atom is 0.277 e. The number of aromatic nitrogens is 3. The number of rotatable bonds is 7. The SMILES string of the molecule is CCCCCc1ccc(NC(=O)c2sc(-c3c(C)c(C)nn(C)c3=O)nc2C)cc1. The summed E-state index contributed by atoms with van der Waals surface area (Å²) in [5.41, 5.74) is 4.49. The van der Waals surface area contributed by atoms with E-state index in [0.29, 0.717) is 21.1 Å². The minimum Gasteiger partial charge on any atom is -0.321 e. The second kappa shape index (κ2) is 9.34. The van der Waals surface area contributed by atoms with Crippen LogP contribution in [0.1, 0.15) is 58.4 Å². The van der Waals surface area contributed by atoms with Gasteiger partial charge in [0.25, 0.3) is 11.5 Å². The second-order valence-corrected chi connectivity index (χ2v) is 8.55. The van der Waals surface area contributed by atoms with E-state index in [-0.39, 0.29) is 11.5 Å². The summed E-state index contributed by atoms with van der Waals surface area (Å²) in [5, 5.41) is 7.71. The van der Waals surface area contributed by atoms with Crippen molar-refractivity contribution < 1.29 is 4.79 Å². The fourth-order valence-corrected chi connectivity index (χ4v) is 4.39. The lowest BCUT2D eigenvalue weighted by atomic mass is 10.1. The van der Waals surface area contributed by atoms with Crippen LogP contribution in [-0.4, -0.2) is 20.7 Å². The molecule has 7 heteroatoms. The molecule has 3 aromatic rings. The van der Waals surface area contributed by atoms with Crippen molar-refractivity contribution in [2.24, 2.45) is 7.05 Å². The zero-order valence-corrected chi connectivity index (χ0v) is 19.0. The fourth-order valence-electron chi connectivity index (χ4n) is 3.34. The number of nitrogens with zero attached hydrogens (tertiary/aromatic N) is 3. The van der Waals surface area contributed by atoms with Crippen molar-refractivity contribution in [3.63, 3.8) is 0 Å². The van der Waals surface area contributed by atoms with Gasteiger partial charge in [-0.05, 0) is 56.9 Å². The van der Waals surface area contributed by atoms with Crippen LogP contribution in [-0.2, 0) is 13.5 Å². The van der Waals surface area contributed by atoms with Crippen LogP contribution in [0.2, 0.25) is 0 Å². The first-order chi connectivity index (χ1) is 14.3. The Morgan fingerprint density at radius 3 is 2.47 bits per heavy atom. The highest BCUT2D eigenvalue weighted by molar-refractivity contribution is 7.17. The van der Waals surface area contributed by atoms with Gasteiger partial charge < -0.3 is 5.32 Å². The Balaban J connectivity index is 1.81. The summed E-state index contributed by atoms with van der Waals surface area (Å²) in [5.74, 6) is -0.213. The minimum absolute atomic E-state index is 0.211. The molecule has 2 heterocycles. The Morgan fingerprint density at radius 1 is 1.10 bits per heavy atom. The summed E-state index contributed by atoms with van der Waals surface area (Å²) in [6.45, 7) is 7.70. The number of benzene rings is 1. The number of nitrogens with one attached hydrogen (secondary N) is 1. The molecule has 3 rings (SSSR count). The number of unbranched alkanes of at least 4 members (excludes halogenated alkanes) is 2. The Kier molecular flexibility index (Phi) is 6.82. The second-order valence-electron chi connectivity index (χ2n) is 7.56. The lowest BCUT2D eigenvalue weighted by Gasteiger charge is -2.07. The summed E-state index contributed by atoms with van der Waals surface area (Å²) in [7, 11) is 1.62. The van der Waals surface area contributed by atoms with Crippen LogP contribution in [0.25, 0.3) is 10.6 Å². The van der Waals surface area contributed by atoms with E-state index in [1.807, 2.05) is 26.0 Å². The van der Waals surface area contributed by atoms with Crippen molar-refractivity contribution in [2.45, 2.75) is 53.4 Å². The smallest absolute Gasteiger partial charge is 0.277 e. The predicted octanol–water partition coefficient (Wildman–Crippen LogP) is 4.81. The van der Waals surface area contributed by atoms with Crippen molar-refractivity contribution in [3.8, 4) is 10.6 Å². The van der Waals surface area contributed by atoms with E-state index in [1.165, 1.54) is 40.8 Å². The molecular weight excluding hydrogens is 396 g/mol. The molecule has 0 aliphatic rings. The number of anilines is 1. The van der Waals surface area contributed by atoms with Crippen LogP contribution >= 0.6 is 11.3 Å². The van der Waals surface area contributed by atoms with Crippen molar-refractivity contribution in [1.29, 1.82) is 0 Å². The largest absolute Gasteiger partial charge is 0.321 e. The van der Waals surface area contributed by atoms with Gasteiger partial charge in [0.2, 0.25) is 0 Å². The normalized spacial score (nSPS) is 11.0. The van der Waals surface area contributed by atoms with Crippen LogP contribution in [0.5, 0.6) is 0 Å². The zero-order valence-electron chi connectivity index (χ0n) is 18.2. The monoisotopic (exact) mass is 424 g/mol. The third-order valence-electron chi connectivity index (χ3n) is 5.22. The lowest BCUT2D eigenvalue weighted by molar-refractivity contribution is 0.103. The van der Waals surface area contributed by atoms with Gasteiger partial charge in [-0.3, -0.25) is 9.59 Å². The molecule has 0 unspecified atom stereocenters. The lowest BCUT2D eigenvalue weighted by Crippen LogP contribution is -2.23. The van der Waals surface area contributed by atoms with Crippen molar-refractivity contribution in [3.05, 3.63) is 62.0 Å². The van der Waals surface area contributed by atoms with Gasteiger partial charge in [0, 0.05) is 12.7 Å². The van der Waals surface area contributed by atoms with Gasteiger partial charge in [0.1, 0.15) is 9.88 Å². The highest BCUT2D eigenvalue weighted by Crippen LogP contribution is 2.29. The molecule has 1 amide bonds. The average Bonchev–Trinajstić information content (AvgIpc) is 3.09. The number of aryl methyl sites for hydroxylation is 4. The molecule has 30 heavy (non-hydrogen) atoms. The Hall–Kier alpha value is -2.80. The number of carbonyl (C=O) groups is 1. The number of amides is 1. The van der Waals surface area contributed by atoms with Crippen LogP contribution in [0.3, 0.4) is 0 Å². The third kappa shape index (κ3) is 4.67. The van der Waals surface area contributed by atoms with Gasteiger partial charge in [-0.15, -0.1) is 11.3 Å². The van der Waals surface area contributed by atoms with Crippen molar-refractivity contribution in [2.75, 3.05) is 5.32 Å². The molecular formula is C23H28N4O2S. The highest BCUT2D eigenvalue weighted by Gasteiger charge is 2.21. The van der Waals surface area contributed by atoms with Gasteiger partial charge >= 0.3 is 0 Å². The molecule has 158 valence electrons.